The number of nitrogens with one attached hydrogen (secondary N) is 1. The molecule has 7 heteroatoms. The number of nitrogens with zero attached hydrogens (tertiary/aromatic N) is 3. The molecule has 29 heavy (non-hydrogen) atoms. The van der Waals surface area contributed by atoms with Gasteiger partial charge in [-0.05, 0) is 31.6 Å². The summed E-state index contributed by atoms with van der Waals surface area (Å²) in [6.45, 7) is 9.47. The largest absolute Gasteiger partial charge is 0.351 e. The molecule has 4 rings (SSSR count). The van der Waals surface area contributed by atoms with E-state index in [9.17, 15) is 9.59 Å². The number of thiophene rings is 1. The number of aromatic nitrogens is 1. The number of carbonyl (C=O) groups excluding carboxylic acids is 1. The minimum atomic E-state index is -0.0897. The van der Waals surface area contributed by atoms with Crippen molar-refractivity contribution in [3.63, 3.8) is 0 Å². The van der Waals surface area contributed by atoms with Crippen molar-refractivity contribution in [2.45, 2.75) is 13.3 Å². The highest BCUT2D eigenvalue weighted by Crippen LogP contribution is 2.30. The fraction of sp³-hybridized carbons (Fsp3) is 0.455. The predicted molar refractivity (Wildman–Crippen MR) is 120 cm³/mol. The van der Waals surface area contributed by atoms with Gasteiger partial charge in [-0.15, -0.1) is 11.3 Å². The minimum absolute atomic E-state index is 0.0554. The first-order valence-electron chi connectivity index (χ1n) is 10.3. The molecule has 1 aliphatic rings. The molecule has 154 valence electrons. The molecule has 1 aliphatic heterocycles. The van der Waals surface area contributed by atoms with Crippen molar-refractivity contribution in [3.8, 4) is 0 Å². The molecule has 0 saturated carbocycles. The van der Waals surface area contributed by atoms with E-state index in [1.807, 2.05) is 24.3 Å². The lowest BCUT2D eigenvalue weighted by Crippen LogP contribution is -2.46. The van der Waals surface area contributed by atoms with Crippen LogP contribution in [-0.2, 0) is 7.05 Å². The maximum absolute atomic E-state index is 12.7. The van der Waals surface area contributed by atoms with E-state index in [0.29, 0.717) is 16.8 Å². The van der Waals surface area contributed by atoms with Crippen molar-refractivity contribution < 1.29 is 4.79 Å². The Kier molecular flexibility index (Phi) is 5.99. The van der Waals surface area contributed by atoms with Crippen LogP contribution in [-0.4, -0.2) is 66.1 Å². The highest BCUT2D eigenvalue weighted by Gasteiger charge is 2.17. The number of para-hydroxylation sites is 1. The van der Waals surface area contributed by atoms with E-state index >= 15 is 0 Å². The van der Waals surface area contributed by atoms with Crippen LogP contribution in [0.15, 0.2) is 35.1 Å². The zero-order valence-corrected chi connectivity index (χ0v) is 17.9. The van der Waals surface area contributed by atoms with Crippen LogP contribution in [0.5, 0.6) is 0 Å². The molecule has 0 bridgehead atoms. The number of rotatable bonds is 6. The second kappa shape index (κ2) is 8.65. The number of carbonyl (C=O) groups is 1. The van der Waals surface area contributed by atoms with Crippen LogP contribution in [0.25, 0.3) is 21.0 Å². The summed E-state index contributed by atoms with van der Waals surface area (Å²) in [6.07, 6.45) is 0.938. The molecule has 0 radical (unpaired) electrons. The summed E-state index contributed by atoms with van der Waals surface area (Å²) in [4.78, 5) is 30.9. The molecule has 1 fully saturated rings. The normalized spacial score (nSPS) is 15.9. The van der Waals surface area contributed by atoms with Gasteiger partial charge >= 0.3 is 0 Å². The van der Waals surface area contributed by atoms with Gasteiger partial charge in [0.2, 0.25) is 0 Å². The lowest BCUT2D eigenvalue weighted by molar-refractivity contribution is 0.0952. The first-order chi connectivity index (χ1) is 14.1. The van der Waals surface area contributed by atoms with Crippen molar-refractivity contribution >= 4 is 38.2 Å². The lowest BCUT2D eigenvalue weighted by atomic mass is 10.2. The van der Waals surface area contributed by atoms with Crippen LogP contribution in [0.4, 0.5) is 0 Å². The number of amides is 1. The molecule has 0 aliphatic carbocycles. The van der Waals surface area contributed by atoms with Crippen molar-refractivity contribution in [2.75, 3.05) is 45.8 Å². The molecule has 0 unspecified atom stereocenters. The van der Waals surface area contributed by atoms with E-state index in [0.717, 1.165) is 61.3 Å². The Morgan fingerprint density at radius 3 is 2.59 bits per heavy atom. The van der Waals surface area contributed by atoms with Crippen LogP contribution in [0.3, 0.4) is 0 Å². The molecular formula is C22H28N4O2S. The third kappa shape index (κ3) is 4.08. The molecule has 0 atom stereocenters. The number of aryl methyl sites for hydroxylation is 1. The summed E-state index contributed by atoms with van der Waals surface area (Å²) >= 11 is 1.41. The number of pyridine rings is 1. The molecule has 0 spiro atoms. The van der Waals surface area contributed by atoms with E-state index in [-0.39, 0.29) is 11.5 Å². The van der Waals surface area contributed by atoms with E-state index in [4.69, 9.17) is 0 Å². The highest BCUT2D eigenvalue weighted by molar-refractivity contribution is 7.21. The van der Waals surface area contributed by atoms with E-state index < -0.39 is 0 Å². The number of hydrogen-bond acceptors (Lipinski definition) is 5. The maximum Gasteiger partial charge on any atom is 0.261 e. The van der Waals surface area contributed by atoms with E-state index in [2.05, 4.69) is 22.0 Å². The molecule has 1 aromatic carbocycles. The van der Waals surface area contributed by atoms with Gasteiger partial charge in [0.1, 0.15) is 0 Å². The third-order valence-corrected chi connectivity index (χ3v) is 7.02. The van der Waals surface area contributed by atoms with Crippen LogP contribution in [0, 0.1) is 0 Å². The van der Waals surface area contributed by atoms with Gasteiger partial charge in [-0.25, -0.2) is 0 Å². The van der Waals surface area contributed by atoms with Gasteiger partial charge < -0.3 is 19.7 Å². The van der Waals surface area contributed by atoms with Gasteiger partial charge in [0, 0.05) is 49.9 Å². The van der Waals surface area contributed by atoms with Crippen molar-refractivity contribution in [3.05, 3.63) is 45.6 Å². The molecule has 1 amide bonds. The second-order valence-electron chi connectivity index (χ2n) is 7.62. The Hall–Kier alpha value is -2.22. The molecular weight excluding hydrogens is 384 g/mol. The Morgan fingerprint density at radius 2 is 1.83 bits per heavy atom. The molecule has 6 nitrogen and oxygen atoms in total. The highest BCUT2D eigenvalue weighted by atomic mass is 32.1. The first kappa shape index (κ1) is 20.1. The van der Waals surface area contributed by atoms with E-state index in [1.54, 1.807) is 17.7 Å². The van der Waals surface area contributed by atoms with Gasteiger partial charge in [-0.2, -0.15) is 0 Å². The average molecular weight is 413 g/mol. The van der Waals surface area contributed by atoms with Gasteiger partial charge in [-0.3, -0.25) is 9.59 Å². The predicted octanol–water partition coefficient (Wildman–Crippen LogP) is 2.51. The minimum Gasteiger partial charge on any atom is -0.351 e. The number of hydrogen-bond donors (Lipinski definition) is 1. The topological polar surface area (TPSA) is 57.6 Å². The van der Waals surface area contributed by atoms with Crippen LogP contribution >= 0.6 is 11.3 Å². The summed E-state index contributed by atoms with van der Waals surface area (Å²) in [5.41, 5.74) is 0.835. The zero-order valence-electron chi connectivity index (χ0n) is 17.1. The summed E-state index contributed by atoms with van der Waals surface area (Å²) in [6, 6.07) is 9.58. The van der Waals surface area contributed by atoms with Crippen LogP contribution in [0.2, 0.25) is 0 Å². The standard InChI is InChI=1S/C22H28N4O2S/c1-3-25-11-13-26(14-12-25)10-6-9-23-21(27)19-15-17-20(29-19)16-7-4-5-8-18(16)24(2)22(17)28/h4-5,7-8,15H,3,6,9-14H2,1-2H3,(H,23,27). The molecule has 2 aromatic heterocycles. The molecule has 3 heterocycles. The quantitative estimate of drug-likeness (QED) is 0.632. The third-order valence-electron chi connectivity index (χ3n) is 5.85. The fourth-order valence-electron chi connectivity index (χ4n) is 4.03. The number of fused-ring (bicyclic) bond motifs is 3. The number of piperazine rings is 1. The zero-order chi connectivity index (χ0) is 20.4. The van der Waals surface area contributed by atoms with Gasteiger partial charge in [0.05, 0.1) is 15.8 Å². The van der Waals surface area contributed by atoms with Crippen molar-refractivity contribution in [1.29, 1.82) is 0 Å². The van der Waals surface area contributed by atoms with E-state index in [1.165, 1.54) is 11.3 Å². The number of likely N-dealkylation sites (N-methyl/N-ethyl adjacent to an activating group) is 1. The lowest BCUT2D eigenvalue weighted by Gasteiger charge is -2.33. The average Bonchev–Trinajstić information content (AvgIpc) is 3.21. The van der Waals surface area contributed by atoms with Crippen molar-refractivity contribution in [1.82, 2.24) is 19.7 Å². The van der Waals surface area contributed by atoms with Gasteiger partial charge in [-0.1, -0.05) is 25.1 Å². The summed E-state index contributed by atoms with van der Waals surface area (Å²) < 4.78 is 2.55. The van der Waals surface area contributed by atoms with Crippen LogP contribution < -0.4 is 10.9 Å². The SMILES string of the molecule is CCN1CCN(CCCNC(=O)c2cc3c(=O)n(C)c4ccccc4c3s2)CC1. The second-order valence-corrected chi connectivity index (χ2v) is 8.67. The fourth-order valence-corrected chi connectivity index (χ4v) is 5.13. The molecule has 3 aromatic rings. The smallest absolute Gasteiger partial charge is 0.261 e. The summed E-state index contributed by atoms with van der Waals surface area (Å²) in [7, 11) is 1.78. The monoisotopic (exact) mass is 412 g/mol. The Balaban J connectivity index is 1.40. The number of benzene rings is 1. The van der Waals surface area contributed by atoms with Crippen molar-refractivity contribution in [2.24, 2.45) is 7.05 Å². The van der Waals surface area contributed by atoms with Crippen LogP contribution in [0.1, 0.15) is 23.0 Å². The van der Waals surface area contributed by atoms with Gasteiger partial charge in [0.25, 0.3) is 11.5 Å². The summed E-state index contributed by atoms with van der Waals surface area (Å²) in [5, 5.41) is 4.66. The Morgan fingerprint density at radius 1 is 1.10 bits per heavy atom. The Labute approximate surface area is 174 Å². The Bertz CT molecular complexity index is 1080. The maximum atomic E-state index is 12.7. The first-order valence-corrected chi connectivity index (χ1v) is 11.1. The summed E-state index contributed by atoms with van der Waals surface area (Å²) in [5.74, 6) is -0.0897. The van der Waals surface area contributed by atoms with Gasteiger partial charge in [0.15, 0.2) is 0 Å². The molecule has 1 saturated heterocycles. The molecule has 1 N–H and O–H groups in total.